The molecule has 5 aromatic carbocycles. The predicted octanol–water partition coefficient (Wildman–Crippen LogP) is 9.12. The van der Waals surface area contributed by atoms with Gasteiger partial charge in [-0.3, -0.25) is 13.7 Å². The SMILES string of the molecule is CC(C)(C)c1ccccc1-[n+]1[c-]n(-c2cccc(Cc3ccc4c5ccccc5n(-c5cc6c(cn5)COC6)c4c3)c2)c2ccccc21. The highest BCUT2D eigenvalue weighted by molar-refractivity contribution is 6.09. The van der Waals surface area contributed by atoms with Crippen molar-refractivity contribution in [1.29, 1.82) is 0 Å². The Morgan fingerprint density at radius 3 is 2.35 bits per heavy atom. The van der Waals surface area contributed by atoms with E-state index in [0.29, 0.717) is 13.2 Å². The summed E-state index contributed by atoms with van der Waals surface area (Å²) in [5.74, 6) is 0.931. The van der Waals surface area contributed by atoms with E-state index in [1.807, 2.05) is 6.20 Å². The number of nitrogens with zero attached hydrogens (tertiary/aromatic N) is 4. The van der Waals surface area contributed by atoms with Crippen LogP contribution in [0.4, 0.5) is 0 Å². The van der Waals surface area contributed by atoms with Crippen molar-refractivity contribution < 1.29 is 9.30 Å². The van der Waals surface area contributed by atoms with Gasteiger partial charge in [0.15, 0.2) is 0 Å². The number of hydrogen-bond donors (Lipinski definition) is 0. The van der Waals surface area contributed by atoms with Gasteiger partial charge in [-0.1, -0.05) is 106 Å². The van der Waals surface area contributed by atoms with E-state index in [1.165, 1.54) is 44.1 Å². The second-order valence-electron chi connectivity index (χ2n) is 13.9. The first-order chi connectivity index (χ1) is 23.4. The standard InChI is InChI=1S/C43H36N4O/c1-43(2,3)36-14-5-7-16-38(36)46-28-45(39-17-8-9-18-40(39)46)33-12-10-11-29(22-33)21-30-19-20-35-34-13-4-6-15-37(34)47(41(35)23-30)42-24-31-26-48-27-32(31)25-44-42/h4-20,22-25H,21,26-27H2,1-3H3. The summed E-state index contributed by atoms with van der Waals surface area (Å²) in [7, 11) is 0. The largest absolute Gasteiger partial charge is 0.372 e. The number of fused-ring (bicyclic) bond motifs is 5. The minimum atomic E-state index is -0.00161. The third-order valence-corrected chi connectivity index (χ3v) is 9.64. The summed E-state index contributed by atoms with van der Waals surface area (Å²) in [6, 6.07) is 43.8. The average Bonchev–Trinajstić information content (AvgIpc) is 3.82. The fraction of sp³-hybridized carbons (Fsp3) is 0.163. The first kappa shape index (κ1) is 28.7. The number of benzene rings is 5. The molecule has 234 valence electrons. The van der Waals surface area contributed by atoms with E-state index >= 15 is 0 Å². The van der Waals surface area contributed by atoms with Crippen molar-refractivity contribution in [3.63, 3.8) is 0 Å². The normalized spacial score (nSPS) is 13.1. The Bertz CT molecular complexity index is 2510. The van der Waals surface area contributed by atoms with Crippen LogP contribution in [-0.4, -0.2) is 14.1 Å². The lowest BCUT2D eigenvalue weighted by molar-refractivity contribution is -0.573. The molecule has 0 radical (unpaired) electrons. The highest BCUT2D eigenvalue weighted by Gasteiger charge is 2.21. The molecule has 0 saturated carbocycles. The van der Waals surface area contributed by atoms with Crippen molar-refractivity contribution in [3.05, 3.63) is 162 Å². The molecule has 0 aliphatic carbocycles. The summed E-state index contributed by atoms with van der Waals surface area (Å²) in [6.45, 7) is 8.08. The van der Waals surface area contributed by atoms with Crippen LogP contribution in [0.15, 0.2) is 128 Å². The van der Waals surface area contributed by atoms with Gasteiger partial charge in [-0.05, 0) is 70.5 Å². The lowest BCUT2D eigenvalue weighted by Crippen LogP contribution is -2.33. The van der Waals surface area contributed by atoms with Crippen LogP contribution in [0.1, 0.15) is 48.6 Å². The Morgan fingerprint density at radius 1 is 0.708 bits per heavy atom. The third kappa shape index (κ3) is 4.73. The Balaban J connectivity index is 1.13. The van der Waals surface area contributed by atoms with Gasteiger partial charge < -0.3 is 4.74 Å². The van der Waals surface area contributed by atoms with E-state index in [2.05, 4.69) is 162 Å². The smallest absolute Gasteiger partial charge is 0.269 e. The van der Waals surface area contributed by atoms with Gasteiger partial charge in [0.2, 0.25) is 0 Å². The second kappa shape index (κ2) is 11.0. The summed E-state index contributed by atoms with van der Waals surface area (Å²) < 4.78 is 12.4. The van der Waals surface area contributed by atoms with Crippen LogP contribution >= 0.6 is 0 Å². The topological polar surface area (TPSA) is 35.9 Å². The average molecular weight is 625 g/mol. The summed E-state index contributed by atoms with van der Waals surface area (Å²) >= 11 is 0. The number of rotatable bonds is 5. The first-order valence-corrected chi connectivity index (χ1v) is 16.6. The lowest BCUT2D eigenvalue weighted by Gasteiger charge is -2.23. The zero-order valence-corrected chi connectivity index (χ0v) is 27.4. The Kier molecular flexibility index (Phi) is 6.59. The molecule has 0 spiro atoms. The van der Waals surface area contributed by atoms with Crippen LogP contribution < -0.4 is 4.57 Å². The van der Waals surface area contributed by atoms with Crippen molar-refractivity contribution in [3.8, 4) is 17.2 Å². The van der Waals surface area contributed by atoms with Crippen LogP contribution in [0.2, 0.25) is 0 Å². The highest BCUT2D eigenvalue weighted by Crippen LogP contribution is 2.34. The molecule has 1 aliphatic rings. The molecule has 5 nitrogen and oxygen atoms in total. The van der Waals surface area contributed by atoms with Crippen LogP contribution in [0.5, 0.6) is 0 Å². The fourth-order valence-corrected chi connectivity index (χ4v) is 7.32. The number of hydrogen-bond acceptors (Lipinski definition) is 2. The maximum absolute atomic E-state index is 5.70. The molecule has 1 aliphatic heterocycles. The Hall–Kier alpha value is -5.52. The van der Waals surface area contributed by atoms with E-state index in [0.717, 1.165) is 40.2 Å². The van der Waals surface area contributed by atoms with Gasteiger partial charge in [-0.25, -0.2) is 4.98 Å². The Morgan fingerprint density at radius 2 is 1.46 bits per heavy atom. The molecule has 8 aromatic rings. The fourth-order valence-electron chi connectivity index (χ4n) is 7.32. The molecule has 0 atom stereocenters. The monoisotopic (exact) mass is 624 g/mol. The molecule has 4 heterocycles. The second-order valence-corrected chi connectivity index (χ2v) is 13.9. The molecule has 0 bridgehead atoms. The van der Waals surface area contributed by atoms with E-state index < -0.39 is 0 Å². The summed E-state index contributed by atoms with van der Waals surface area (Å²) in [5.41, 5.74) is 13.0. The summed E-state index contributed by atoms with van der Waals surface area (Å²) in [5, 5.41) is 2.46. The van der Waals surface area contributed by atoms with E-state index in [9.17, 15) is 0 Å². The van der Waals surface area contributed by atoms with Crippen LogP contribution in [0.25, 0.3) is 50.0 Å². The highest BCUT2D eigenvalue weighted by atomic mass is 16.5. The number of ether oxygens (including phenoxy) is 1. The number of imidazole rings is 1. The number of pyridine rings is 1. The molecular formula is C43H36N4O. The summed E-state index contributed by atoms with van der Waals surface area (Å²) in [4.78, 5) is 4.89. The van der Waals surface area contributed by atoms with Crippen molar-refractivity contribution in [2.45, 2.75) is 45.8 Å². The van der Waals surface area contributed by atoms with Gasteiger partial charge >= 0.3 is 0 Å². The van der Waals surface area contributed by atoms with Gasteiger partial charge in [0, 0.05) is 22.5 Å². The molecule has 0 fully saturated rings. The Labute approximate surface area is 280 Å². The minimum Gasteiger partial charge on any atom is -0.372 e. The molecule has 5 heteroatoms. The molecule has 0 saturated heterocycles. The van der Waals surface area contributed by atoms with Crippen LogP contribution in [-0.2, 0) is 29.8 Å². The number of aromatic nitrogens is 4. The zero-order valence-electron chi connectivity index (χ0n) is 27.4. The van der Waals surface area contributed by atoms with Crippen molar-refractivity contribution in [1.82, 2.24) is 14.1 Å². The van der Waals surface area contributed by atoms with Gasteiger partial charge in [-0.15, -0.1) is 0 Å². The summed E-state index contributed by atoms with van der Waals surface area (Å²) in [6.07, 6.45) is 6.50. The molecule has 0 amide bonds. The number of para-hydroxylation sites is 4. The van der Waals surface area contributed by atoms with E-state index in [4.69, 9.17) is 9.72 Å². The van der Waals surface area contributed by atoms with Gasteiger partial charge in [-0.2, -0.15) is 0 Å². The van der Waals surface area contributed by atoms with E-state index in [-0.39, 0.29) is 5.41 Å². The first-order valence-electron chi connectivity index (χ1n) is 16.6. The molecule has 3 aromatic heterocycles. The van der Waals surface area contributed by atoms with Crippen molar-refractivity contribution in [2.24, 2.45) is 0 Å². The predicted molar refractivity (Wildman–Crippen MR) is 192 cm³/mol. The molecule has 48 heavy (non-hydrogen) atoms. The van der Waals surface area contributed by atoms with Crippen LogP contribution in [0.3, 0.4) is 0 Å². The van der Waals surface area contributed by atoms with Crippen molar-refractivity contribution >= 4 is 32.8 Å². The van der Waals surface area contributed by atoms with Gasteiger partial charge in [0.05, 0.1) is 46.7 Å². The maximum atomic E-state index is 5.70. The zero-order chi connectivity index (χ0) is 32.4. The lowest BCUT2D eigenvalue weighted by atomic mass is 9.86. The van der Waals surface area contributed by atoms with Crippen molar-refractivity contribution in [2.75, 3.05) is 0 Å². The van der Waals surface area contributed by atoms with Gasteiger partial charge in [0.1, 0.15) is 5.82 Å². The maximum Gasteiger partial charge on any atom is 0.269 e. The quantitative estimate of drug-likeness (QED) is 0.141. The molecule has 0 N–H and O–H groups in total. The minimum absolute atomic E-state index is 0.00161. The molecule has 9 rings (SSSR count). The van der Waals surface area contributed by atoms with E-state index in [1.54, 1.807) is 0 Å². The molecular weight excluding hydrogens is 589 g/mol. The van der Waals surface area contributed by atoms with Gasteiger partial charge in [0.25, 0.3) is 6.33 Å². The van der Waals surface area contributed by atoms with Crippen LogP contribution in [0, 0.1) is 6.33 Å². The molecule has 0 unspecified atom stereocenters. The third-order valence-electron chi connectivity index (χ3n) is 9.64.